The number of hydrogen-bond donors (Lipinski definition) is 1. The number of aromatic nitrogens is 2. The molecular formula is C19H22N4. The zero-order valence-electron chi connectivity index (χ0n) is 13.7. The number of rotatable bonds is 3. The van der Waals surface area contributed by atoms with Gasteiger partial charge in [0.15, 0.2) is 0 Å². The SMILES string of the molecule is CN(C)c1cccc(C2CCCN2c2nc3ccccc3[nH]2)c1. The predicted octanol–water partition coefficient (Wildman–Crippen LogP) is 3.97. The number of anilines is 2. The minimum absolute atomic E-state index is 0.399. The highest BCUT2D eigenvalue weighted by Crippen LogP contribution is 2.36. The zero-order chi connectivity index (χ0) is 15.8. The van der Waals surface area contributed by atoms with Crippen LogP contribution in [0, 0.1) is 0 Å². The molecule has 0 saturated carbocycles. The number of nitrogens with one attached hydrogen (secondary N) is 1. The van der Waals surface area contributed by atoms with E-state index >= 15 is 0 Å². The Hall–Kier alpha value is -2.49. The van der Waals surface area contributed by atoms with Crippen molar-refractivity contribution in [1.82, 2.24) is 9.97 Å². The second-order valence-electron chi connectivity index (χ2n) is 6.42. The molecule has 1 aliphatic heterocycles. The number of nitrogens with zero attached hydrogens (tertiary/aromatic N) is 3. The van der Waals surface area contributed by atoms with E-state index in [1.165, 1.54) is 24.1 Å². The highest BCUT2D eigenvalue weighted by molar-refractivity contribution is 5.77. The van der Waals surface area contributed by atoms with Crippen LogP contribution in [0.5, 0.6) is 0 Å². The predicted molar refractivity (Wildman–Crippen MR) is 96.2 cm³/mol. The lowest BCUT2D eigenvalue weighted by Gasteiger charge is -2.25. The molecule has 1 aromatic heterocycles. The van der Waals surface area contributed by atoms with E-state index in [1.807, 2.05) is 12.1 Å². The van der Waals surface area contributed by atoms with Crippen LogP contribution in [0.15, 0.2) is 48.5 Å². The van der Waals surface area contributed by atoms with E-state index < -0.39 is 0 Å². The summed E-state index contributed by atoms with van der Waals surface area (Å²) in [5, 5.41) is 0. The first-order chi connectivity index (χ1) is 11.2. The van der Waals surface area contributed by atoms with Crippen LogP contribution in [0.2, 0.25) is 0 Å². The third kappa shape index (κ3) is 2.54. The van der Waals surface area contributed by atoms with E-state index in [9.17, 15) is 0 Å². The van der Waals surface area contributed by atoms with E-state index in [4.69, 9.17) is 4.98 Å². The van der Waals surface area contributed by atoms with Crippen molar-refractivity contribution in [3.63, 3.8) is 0 Å². The number of fused-ring (bicyclic) bond motifs is 1. The van der Waals surface area contributed by atoms with E-state index in [2.05, 4.69) is 65.3 Å². The molecule has 118 valence electrons. The molecule has 23 heavy (non-hydrogen) atoms. The van der Waals surface area contributed by atoms with Crippen LogP contribution < -0.4 is 9.80 Å². The molecule has 1 fully saturated rings. The second-order valence-corrected chi connectivity index (χ2v) is 6.42. The molecule has 2 aromatic carbocycles. The van der Waals surface area contributed by atoms with E-state index in [0.29, 0.717) is 6.04 Å². The van der Waals surface area contributed by atoms with Gasteiger partial charge in [0.1, 0.15) is 0 Å². The van der Waals surface area contributed by atoms with Crippen molar-refractivity contribution < 1.29 is 0 Å². The standard InChI is InChI=1S/C19H22N4/c1-22(2)15-8-5-7-14(13-15)18-11-6-12-23(18)19-20-16-9-3-4-10-17(16)21-19/h3-5,7-10,13,18H,6,11-12H2,1-2H3,(H,20,21). The highest BCUT2D eigenvalue weighted by atomic mass is 15.3. The van der Waals surface area contributed by atoms with Crippen molar-refractivity contribution in [2.45, 2.75) is 18.9 Å². The van der Waals surface area contributed by atoms with Gasteiger partial charge in [-0.2, -0.15) is 0 Å². The summed E-state index contributed by atoms with van der Waals surface area (Å²) in [7, 11) is 4.18. The Labute approximate surface area is 136 Å². The summed E-state index contributed by atoms with van der Waals surface area (Å²) in [6.45, 7) is 1.05. The first kappa shape index (κ1) is 14.1. The maximum absolute atomic E-state index is 4.79. The Morgan fingerprint density at radius 3 is 2.83 bits per heavy atom. The molecule has 1 saturated heterocycles. The molecule has 0 spiro atoms. The van der Waals surface area contributed by atoms with Gasteiger partial charge in [-0.3, -0.25) is 0 Å². The lowest BCUT2D eigenvalue weighted by molar-refractivity contribution is 0.706. The van der Waals surface area contributed by atoms with E-state index in [1.54, 1.807) is 0 Å². The summed E-state index contributed by atoms with van der Waals surface area (Å²) >= 11 is 0. The molecule has 3 aromatic rings. The molecule has 1 unspecified atom stereocenters. The van der Waals surface area contributed by atoms with Crippen LogP contribution in [-0.2, 0) is 0 Å². The molecule has 1 atom stereocenters. The Morgan fingerprint density at radius 2 is 2.00 bits per heavy atom. The fourth-order valence-corrected chi connectivity index (χ4v) is 3.45. The quantitative estimate of drug-likeness (QED) is 0.795. The summed E-state index contributed by atoms with van der Waals surface area (Å²) in [6, 6.07) is 17.5. The van der Waals surface area contributed by atoms with E-state index in [0.717, 1.165) is 23.5 Å². The van der Waals surface area contributed by atoms with Gasteiger partial charge < -0.3 is 14.8 Å². The first-order valence-electron chi connectivity index (χ1n) is 8.21. The molecule has 1 aliphatic rings. The maximum atomic E-state index is 4.79. The number of para-hydroxylation sites is 2. The topological polar surface area (TPSA) is 35.2 Å². The van der Waals surface area contributed by atoms with Gasteiger partial charge in [0.05, 0.1) is 17.1 Å². The number of H-pyrrole nitrogens is 1. The van der Waals surface area contributed by atoms with Crippen molar-refractivity contribution >= 4 is 22.7 Å². The Morgan fingerprint density at radius 1 is 1.13 bits per heavy atom. The fourth-order valence-electron chi connectivity index (χ4n) is 3.45. The van der Waals surface area contributed by atoms with Crippen molar-refractivity contribution in [2.24, 2.45) is 0 Å². The minimum Gasteiger partial charge on any atom is -0.378 e. The lowest BCUT2D eigenvalue weighted by atomic mass is 10.0. The molecule has 0 aliphatic carbocycles. The Bertz CT molecular complexity index is 788. The monoisotopic (exact) mass is 306 g/mol. The first-order valence-corrected chi connectivity index (χ1v) is 8.21. The van der Waals surface area contributed by atoms with Crippen LogP contribution in [0.25, 0.3) is 11.0 Å². The highest BCUT2D eigenvalue weighted by Gasteiger charge is 2.28. The van der Waals surface area contributed by atoms with Crippen LogP contribution in [0.3, 0.4) is 0 Å². The second kappa shape index (κ2) is 5.61. The number of imidazole rings is 1. The Balaban J connectivity index is 1.70. The van der Waals surface area contributed by atoms with Gasteiger partial charge in [0.2, 0.25) is 5.95 Å². The van der Waals surface area contributed by atoms with Crippen molar-refractivity contribution in [3.05, 3.63) is 54.1 Å². The van der Waals surface area contributed by atoms with Gasteiger partial charge >= 0.3 is 0 Å². The van der Waals surface area contributed by atoms with Gasteiger partial charge in [-0.25, -0.2) is 4.98 Å². The smallest absolute Gasteiger partial charge is 0.204 e. The molecule has 0 amide bonds. The molecule has 2 heterocycles. The summed E-state index contributed by atoms with van der Waals surface area (Å²) < 4.78 is 0. The third-order valence-corrected chi connectivity index (χ3v) is 4.67. The summed E-state index contributed by atoms with van der Waals surface area (Å²) in [4.78, 5) is 12.8. The van der Waals surface area contributed by atoms with Crippen molar-refractivity contribution in [1.29, 1.82) is 0 Å². The molecule has 1 N–H and O–H groups in total. The minimum atomic E-state index is 0.399. The fraction of sp³-hybridized carbons (Fsp3) is 0.316. The molecule has 4 heteroatoms. The Kier molecular flexibility index (Phi) is 3.45. The number of benzene rings is 2. The number of hydrogen-bond acceptors (Lipinski definition) is 3. The van der Waals surface area contributed by atoms with Crippen LogP contribution in [-0.4, -0.2) is 30.6 Å². The maximum Gasteiger partial charge on any atom is 0.204 e. The molecule has 4 rings (SSSR count). The number of aromatic amines is 1. The summed E-state index contributed by atoms with van der Waals surface area (Å²) in [5.74, 6) is 0.990. The summed E-state index contributed by atoms with van der Waals surface area (Å²) in [5.41, 5.74) is 4.76. The summed E-state index contributed by atoms with van der Waals surface area (Å²) in [6.07, 6.45) is 2.38. The molecule has 0 radical (unpaired) electrons. The normalized spacial score (nSPS) is 17.8. The van der Waals surface area contributed by atoms with Crippen LogP contribution in [0.1, 0.15) is 24.4 Å². The van der Waals surface area contributed by atoms with Gasteiger partial charge in [-0.15, -0.1) is 0 Å². The van der Waals surface area contributed by atoms with Gasteiger partial charge in [-0.1, -0.05) is 24.3 Å². The van der Waals surface area contributed by atoms with Crippen molar-refractivity contribution in [3.8, 4) is 0 Å². The van der Waals surface area contributed by atoms with Gasteiger partial charge in [0, 0.05) is 26.3 Å². The van der Waals surface area contributed by atoms with E-state index in [-0.39, 0.29) is 0 Å². The largest absolute Gasteiger partial charge is 0.378 e. The van der Waals surface area contributed by atoms with Crippen LogP contribution >= 0.6 is 0 Å². The third-order valence-electron chi connectivity index (χ3n) is 4.67. The van der Waals surface area contributed by atoms with Gasteiger partial charge in [0.25, 0.3) is 0 Å². The average molecular weight is 306 g/mol. The van der Waals surface area contributed by atoms with Crippen LogP contribution in [0.4, 0.5) is 11.6 Å². The lowest BCUT2D eigenvalue weighted by Crippen LogP contribution is -2.23. The van der Waals surface area contributed by atoms with Crippen molar-refractivity contribution in [2.75, 3.05) is 30.4 Å². The molecular weight excluding hydrogens is 284 g/mol. The molecule has 0 bridgehead atoms. The zero-order valence-corrected chi connectivity index (χ0v) is 13.7. The average Bonchev–Trinajstić information content (AvgIpc) is 3.21. The molecule has 4 nitrogen and oxygen atoms in total. The van der Waals surface area contributed by atoms with Gasteiger partial charge in [-0.05, 0) is 42.7 Å².